The average molecular weight is 366 g/mol. The van der Waals surface area contributed by atoms with Crippen LogP contribution in [0.25, 0.3) is 0 Å². The highest BCUT2D eigenvalue weighted by Gasteiger charge is 2.29. The Morgan fingerprint density at radius 2 is 2.14 bits per heavy atom. The van der Waals surface area contributed by atoms with Gasteiger partial charge in [-0.25, -0.2) is 18.6 Å². The Balaban J connectivity index is 2.13. The number of halogens is 3. The van der Waals surface area contributed by atoms with Crippen molar-refractivity contribution in [3.05, 3.63) is 16.1 Å². The summed E-state index contributed by atoms with van der Waals surface area (Å²) in [6.45, 7) is 5.72. The third kappa shape index (κ3) is 3.93. The Labute approximate surface area is 130 Å². The summed E-state index contributed by atoms with van der Waals surface area (Å²) in [6.07, 6.45) is -2.36. The zero-order valence-electron chi connectivity index (χ0n) is 12.2. The zero-order valence-corrected chi connectivity index (χ0v) is 13.8. The Morgan fingerprint density at radius 3 is 2.71 bits per heavy atom. The first-order valence-electron chi connectivity index (χ1n) is 6.67. The van der Waals surface area contributed by atoms with Gasteiger partial charge in [0.2, 0.25) is 0 Å². The first-order chi connectivity index (χ1) is 9.67. The molecule has 2 heterocycles. The highest BCUT2D eigenvalue weighted by molar-refractivity contribution is 9.10. The van der Waals surface area contributed by atoms with Gasteiger partial charge in [-0.15, -0.1) is 0 Å². The van der Waals surface area contributed by atoms with Crippen LogP contribution in [0.15, 0.2) is 4.73 Å². The van der Waals surface area contributed by atoms with E-state index < -0.39 is 24.7 Å². The summed E-state index contributed by atoms with van der Waals surface area (Å²) < 4.78 is 32.3. The van der Waals surface area contributed by atoms with Gasteiger partial charge >= 0.3 is 6.09 Å². The van der Waals surface area contributed by atoms with E-state index in [2.05, 4.69) is 20.9 Å². The Bertz CT molecular complexity index is 540. The Hall–Kier alpha value is -1.18. The van der Waals surface area contributed by atoms with Crippen LogP contribution in [0.3, 0.4) is 0 Å². The van der Waals surface area contributed by atoms with Gasteiger partial charge in [0.15, 0.2) is 4.73 Å². The van der Waals surface area contributed by atoms with Crippen molar-refractivity contribution in [2.75, 3.05) is 6.54 Å². The summed E-state index contributed by atoms with van der Waals surface area (Å²) in [6, 6.07) is 0. The van der Waals surface area contributed by atoms with Crippen molar-refractivity contribution >= 4 is 22.0 Å². The second-order valence-corrected chi connectivity index (χ2v) is 6.64. The summed E-state index contributed by atoms with van der Waals surface area (Å²) in [5.41, 5.74) is 0.828. The lowest BCUT2D eigenvalue weighted by Gasteiger charge is -2.30. The third-order valence-electron chi connectivity index (χ3n) is 3.04. The molecule has 0 spiro atoms. The molecule has 0 aromatic carbocycles. The minimum atomic E-state index is -2.44. The van der Waals surface area contributed by atoms with Crippen molar-refractivity contribution < 1.29 is 18.3 Å². The Morgan fingerprint density at radius 1 is 1.48 bits per heavy atom. The van der Waals surface area contributed by atoms with Gasteiger partial charge < -0.3 is 14.2 Å². The second-order valence-electron chi connectivity index (χ2n) is 5.93. The van der Waals surface area contributed by atoms with Crippen molar-refractivity contribution in [1.29, 1.82) is 0 Å². The molecule has 0 N–H and O–H groups in total. The molecule has 0 aliphatic carbocycles. The normalized spacial score (nSPS) is 15.3. The molecule has 1 aromatic heterocycles. The minimum absolute atomic E-state index is 0.277. The Kier molecular flexibility index (Phi) is 4.55. The van der Waals surface area contributed by atoms with Gasteiger partial charge in [-0.3, -0.25) is 0 Å². The van der Waals surface area contributed by atoms with Crippen molar-refractivity contribution in [1.82, 2.24) is 14.5 Å². The van der Waals surface area contributed by atoms with Crippen LogP contribution < -0.4 is 0 Å². The summed E-state index contributed by atoms with van der Waals surface area (Å²) in [5, 5.41) is 0. The maximum atomic E-state index is 12.6. The number of fused-ring (bicyclic) bond motifs is 1. The van der Waals surface area contributed by atoms with Crippen molar-refractivity contribution in [3.63, 3.8) is 0 Å². The number of nitrogens with zero attached hydrogens (tertiary/aromatic N) is 3. The van der Waals surface area contributed by atoms with Crippen molar-refractivity contribution in [2.45, 2.75) is 52.3 Å². The van der Waals surface area contributed by atoms with E-state index in [1.54, 1.807) is 25.7 Å². The fourth-order valence-electron chi connectivity index (χ4n) is 2.22. The molecule has 1 aliphatic rings. The van der Waals surface area contributed by atoms with E-state index in [1.807, 2.05) is 0 Å². The number of carbonyl (C=O) groups excluding carboxylic acids is 1. The first kappa shape index (κ1) is 16.2. The molecular weight excluding hydrogens is 348 g/mol. The van der Waals surface area contributed by atoms with Crippen LogP contribution in [0.5, 0.6) is 0 Å². The van der Waals surface area contributed by atoms with Gasteiger partial charge in [-0.1, -0.05) is 0 Å². The smallest absolute Gasteiger partial charge is 0.410 e. The molecule has 1 aromatic rings. The van der Waals surface area contributed by atoms with Gasteiger partial charge in [0.25, 0.3) is 6.43 Å². The van der Waals surface area contributed by atoms with Gasteiger partial charge in [0.05, 0.1) is 18.8 Å². The average Bonchev–Trinajstić information content (AvgIpc) is 2.62. The quantitative estimate of drug-likeness (QED) is 0.808. The molecule has 0 saturated heterocycles. The van der Waals surface area contributed by atoms with Crippen molar-refractivity contribution in [3.8, 4) is 0 Å². The summed E-state index contributed by atoms with van der Waals surface area (Å²) in [5.74, 6) is 0. The first-order valence-corrected chi connectivity index (χ1v) is 7.46. The number of ether oxygens (including phenoxy) is 1. The highest BCUT2D eigenvalue weighted by atomic mass is 79.9. The molecule has 0 fully saturated rings. The molecule has 21 heavy (non-hydrogen) atoms. The molecule has 5 nitrogen and oxygen atoms in total. The van der Waals surface area contributed by atoms with Crippen molar-refractivity contribution in [2.24, 2.45) is 0 Å². The number of hydrogen-bond donors (Lipinski definition) is 0. The number of imidazole rings is 1. The molecule has 2 rings (SSSR count). The standard InChI is InChI=1S/C13H18BrF2N3O2/c1-13(2,3)21-12(20)18-5-4-9-8(6-18)17-11(14)19(9)7-10(15)16/h10H,4-7H2,1-3H3. The number of rotatable bonds is 2. The summed E-state index contributed by atoms with van der Waals surface area (Å²) in [4.78, 5) is 17.8. The molecule has 0 atom stereocenters. The predicted octanol–water partition coefficient (Wildman–Crippen LogP) is 3.20. The summed E-state index contributed by atoms with van der Waals surface area (Å²) in [7, 11) is 0. The topological polar surface area (TPSA) is 47.4 Å². The van der Waals surface area contributed by atoms with E-state index in [0.29, 0.717) is 23.4 Å². The summed E-state index contributed by atoms with van der Waals surface area (Å²) >= 11 is 3.20. The number of aromatic nitrogens is 2. The molecule has 0 saturated carbocycles. The number of amides is 1. The number of hydrogen-bond acceptors (Lipinski definition) is 3. The molecule has 0 radical (unpaired) electrons. The van der Waals surface area contributed by atoms with Crippen LogP contribution in [0.1, 0.15) is 32.2 Å². The number of alkyl halides is 2. The van der Waals surface area contributed by atoms with Gasteiger partial charge in [0.1, 0.15) is 5.60 Å². The predicted molar refractivity (Wildman–Crippen MR) is 76.3 cm³/mol. The van der Waals surface area contributed by atoms with E-state index >= 15 is 0 Å². The monoisotopic (exact) mass is 365 g/mol. The lowest BCUT2D eigenvalue weighted by atomic mass is 10.1. The number of carbonyl (C=O) groups is 1. The van der Waals surface area contributed by atoms with Crippen LogP contribution in [-0.2, 0) is 24.2 Å². The highest BCUT2D eigenvalue weighted by Crippen LogP contribution is 2.25. The van der Waals surface area contributed by atoms with Crippen LogP contribution in [0, 0.1) is 0 Å². The maximum Gasteiger partial charge on any atom is 0.410 e. The molecule has 0 unspecified atom stereocenters. The van der Waals surface area contributed by atoms with Crippen LogP contribution >= 0.6 is 15.9 Å². The van der Waals surface area contributed by atoms with Crippen LogP contribution in [0.4, 0.5) is 13.6 Å². The van der Waals surface area contributed by atoms with E-state index in [1.165, 1.54) is 4.57 Å². The van der Waals surface area contributed by atoms with E-state index in [-0.39, 0.29) is 6.54 Å². The molecule has 8 heteroatoms. The van der Waals surface area contributed by atoms with Crippen LogP contribution in [-0.4, -0.2) is 39.1 Å². The SMILES string of the molecule is CC(C)(C)OC(=O)N1CCc2c(nc(Br)n2CC(F)F)C1. The second kappa shape index (κ2) is 5.90. The third-order valence-corrected chi connectivity index (χ3v) is 3.65. The molecule has 118 valence electrons. The largest absolute Gasteiger partial charge is 0.444 e. The maximum absolute atomic E-state index is 12.6. The fraction of sp³-hybridized carbons (Fsp3) is 0.692. The van der Waals surface area contributed by atoms with Gasteiger partial charge in [-0.05, 0) is 36.7 Å². The van der Waals surface area contributed by atoms with E-state index in [9.17, 15) is 13.6 Å². The van der Waals surface area contributed by atoms with E-state index in [4.69, 9.17) is 4.74 Å². The lowest BCUT2D eigenvalue weighted by molar-refractivity contribution is 0.0218. The zero-order chi connectivity index (χ0) is 15.8. The molecular formula is C13H18BrF2N3O2. The lowest BCUT2D eigenvalue weighted by Crippen LogP contribution is -2.40. The minimum Gasteiger partial charge on any atom is -0.444 e. The molecule has 1 aliphatic heterocycles. The van der Waals surface area contributed by atoms with Gasteiger partial charge in [-0.2, -0.15) is 0 Å². The van der Waals surface area contributed by atoms with E-state index in [0.717, 1.165) is 5.69 Å². The molecule has 1 amide bonds. The fourth-order valence-corrected chi connectivity index (χ4v) is 2.79. The van der Waals surface area contributed by atoms with Crippen LogP contribution in [0.2, 0.25) is 0 Å². The van der Waals surface area contributed by atoms with Gasteiger partial charge in [0, 0.05) is 18.7 Å². The molecule has 0 bridgehead atoms.